The second kappa shape index (κ2) is 3.09. The number of aliphatic carboxylic acids is 1. The van der Waals surface area contributed by atoms with Crippen LogP contribution in [0.2, 0.25) is 0 Å². The largest absolute Gasteiger partial charge is 0.481 e. The van der Waals surface area contributed by atoms with Crippen molar-refractivity contribution in [3.63, 3.8) is 0 Å². The molecule has 4 nitrogen and oxygen atoms in total. The highest BCUT2D eigenvalue weighted by Crippen LogP contribution is 2.63. The van der Waals surface area contributed by atoms with E-state index >= 15 is 0 Å². The number of allylic oxidation sites excluding steroid dienone is 2. The first-order chi connectivity index (χ1) is 7.65. The molecule has 86 valence electrons. The van der Waals surface area contributed by atoms with E-state index in [0.717, 1.165) is 6.42 Å². The molecule has 0 aromatic rings. The van der Waals surface area contributed by atoms with E-state index in [9.17, 15) is 14.7 Å². The third-order valence-electron chi connectivity index (χ3n) is 4.41. The lowest BCUT2D eigenvalue weighted by molar-refractivity contribution is -0.162. The maximum absolute atomic E-state index is 11.7. The normalized spacial score (nSPS) is 47.3. The fraction of sp³-hybridized carbons (Fsp3) is 0.667. The minimum Gasteiger partial charge on any atom is -0.481 e. The Hall–Kier alpha value is -1.32. The van der Waals surface area contributed by atoms with Crippen LogP contribution in [-0.2, 0) is 14.3 Å². The lowest BCUT2D eigenvalue weighted by Crippen LogP contribution is -2.46. The summed E-state index contributed by atoms with van der Waals surface area (Å²) in [5, 5.41) is 9.27. The van der Waals surface area contributed by atoms with Crippen LogP contribution in [0.15, 0.2) is 12.2 Å². The van der Waals surface area contributed by atoms with Gasteiger partial charge in [-0.05, 0) is 30.1 Å². The van der Waals surface area contributed by atoms with Crippen molar-refractivity contribution < 1.29 is 19.4 Å². The van der Waals surface area contributed by atoms with Gasteiger partial charge in [0.25, 0.3) is 0 Å². The third kappa shape index (κ3) is 1.10. The van der Waals surface area contributed by atoms with Crippen LogP contribution in [0.3, 0.4) is 0 Å². The molecule has 6 atom stereocenters. The van der Waals surface area contributed by atoms with Gasteiger partial charge in [0.05, 0.1) is 18.9 Å². The van der Waals surface area contributed by atoms with E-state index in [4.69, 9.17) is 4.74 Å². The molecule has 1 N–H and O–H groups in total. The summed E-state index contributed by atoms with van der Waals surface area (Å²) in [5.41, 5.74) is 0. The highest BCUT2D eigenvalue weighted by Gasteiger charge is 2.63. The van der Waals surface area contributed by atoms with Crippen molar-refractivity contribution in [3.8, 4) is 0 Å². The molecule has 0 aromatic heterocycles. The number of carbonyl (C=O) groups excluding carboxylic acids is 1. The van der Waals surface area contributed by atoms with Crippen molar-refractivity contribution in [2.75, 3.05) is 7.11 Å². The fourth-order valence-electron chi connectivity index (χ4n) is 3.67. The van der Waals surface area contributed by atoms with Gasteiger partial charge >= 0.3 is 11.9 Å². The van der Waals surface area contributed by atoms with Crippen LogP contribution in [0.25, 0.3) is 0 Å². The number of methoxy groups -OCH3 is 1. The molecule has 0 unspecified atom stereocenters. The SMILES string of the molecule is COC(=O)[C@H]1[C@H]2C=C[C@H]([C@@H]3C[C@H]23)[C@H]1C(=O)O. The quantitative estimate of drug-likeness (QED) is 0.557. The topological polar surface area (TPSA) is 63.6 Å². The van der Waals surface area contributed by atoms with Crippen molar-refractivity contribution in [1.29, 1.82) is 0 Å². The van der Waals surface area contributed by atoms with Crippen LogP contribution in [-0.4, -0.2) is 24.2 Å². The number of carbonyl (C=O) groups is 2. The van der Waals surface area contributed by atoms with Crippen LogP contribution in [0.4, 0.5) is 0 Å². The van der Waals surface area contributed by atoms with E-state index < -0.39 is 17.8 Å². The molecule has 2 saturated carbocycles. The summed E-state index contributed by atoms with van der Waals surface area (Å²) in [6.45, 7) is 0. The molecule has 0 radical (unpaired) electrons. The molecule has 4 rings (SSSR count). The average Bonchev–Trinajstić information content (AvgIpc) is 3.08. The van der Waals surface area contributed by atoms with Crippen molar-refractivity contribution >= 4 is 11.9 Å². The van der Waals surface area contributed by atoms with Crippen molar-refractivity contribution in [2.24, 2.45) is 35.5 Å². The van der Waals surface area contributed by atoms with E-state index in [1.54, 1.807) is 0 Å². The Morgan fingerprint density at radius 2 is 1.75 bits per heavy atom. The minimum absolute atomic E-state index is 0.0385. The van der Waals surface area contributed by atoms with Gasteiger partial charge in [-0.15, -0.1) is 0 Å². The zero-order chi connectivity index (χ0) is 11.4. The van der Waals surface area contributed by atoms with Gasteiger partial charge < -0.3 is 9.84 Å². The number of esters is 1. The maximum atomic E-state index is 11.7. The van der Waals surface area contributed by atoms with Gasteiger partial charge in [-0.25, -0.2) is 0 Å². The van der Waals surface area contributed by atoms with Gasteiger partial charge in [0.2, 0.25) is 0 Å². The monoisotopic (exact) mass is 222 g/mol. The van der Waals surface area contributed by atoms with Crippen LogP contribution < -0.4 is 0 Å². The summed E-state index contributed by atoms with van der Waals surface area (Å²) in [4.78, 5) is 23.0. The van der Waals surface area contributed by atoms with E-state index in [-0.39, 0.29) is 17.8 Å². The summed E-state index contributed by atoms with van der Waals surface area (Å²) in [6, 6.07) is 0. The molecule has 0 saturated heterocycles. The Morgan fingerprint density at radius 1 is 1.19 bits per heavy atom. The van der Waals surface area contributed by atoms with Crippen molar-refractivity contribution in [2.45, 2.75) is 6.42 Å². The third-order valence-corrected chi connectivity index (χ3v) is 4.41. The lowest BCUT2D eigenvalue weighted by Gasteiger charge is -2.40. The Bertz CT molecular complexity index is 386. The number of hydrogen-bond donors (Lipinski definition) is 1. The molecule has 0 spiro atoms. The Labute approximate surface area is 93.3 Å². The maximum Gasteiger partial charge on any atom is 0.310 e. The van der Waals surface area contributed by atoms with Crippen LogP contribution >= 0.6 is 0 Å². The van der Waals surface area contributed by atoms with E-state index in [0.29, 0.717) is 11.8 Å². The van der Waals surface area contributed by atoms with Gasteiger partial charge in [-0.1, -0.05) is 12.2 Å². The molecule has 0 heterocycles. The highest BCUT2D eigenvalue weighted by molar-refractivity contribution is 5.83. The van der Waals surface area contributed by atoms with Gasteiger partial charge in [0.1, 0.15) is 0 Å². The molecule has 4 heteroatoms. The minimum atomic E-state index is -0.861. The zero-order valence-corrected chi connectivity index (χ0v) is 9.00. The number of carboxylic acid groups (broad SMARTS) is 1. The van der Waals surface area contributed by atoms with Gasteiger partial charge in [0.15, 0.2) is 0 Å². The average molecular weight is 222 g/mol. The molecule has 4 aliphatic rings. The first-order valence-corrected chi connectivity index (χ1v) is 5.64. The number of fused-ring (bicyclic) bond motifs is 1. The second-order valence-corrected chi connectivity index (χ2v) is 5.02. The molecular weight excluding hydrogens is 208 g/mol. The van der Waals surface area contributed by atoms with E-state index in [2.05, 4.69) is 0 Å². The van der Waals surface area contributed by atoms with Crippen LogP contribution in [0, 0.1) is 35.5 Å². The fourth-order valence-corrected chi connectivity index (χ4v) is 3.67. The smallest absolute Gasteiger partial charge is 0.310 e. The molecular formula is C12H14O4. The summed E-state index contributed by atoms with van der Waals surface area (Å²) < 4.78 is 4.75. The van der Waals surface area contributed by atoms with Crippen molar-refractivity contribution in [3.05, 3.63) is 12.2 Å². The Kier molecular flexibility index (Phi) is 1.91. The van der Waals surface area contributed by atoms with E-state index in [1.165, 1.54) is 7.11 Å². The summed E-state index contributed by atoms with van der Waals surface area (Å²) in [6.07, 6.45) is 5.09. The molecule has 4 aliphatic carbocycles. The molecule has 2 fully saturated rings. The van der Waals surface area contributed by atoms with Gasteiger partial charge in [-0.2, -0.15) is 0 Å². The van der Waals surface area contributed by atoms with E-state index in [1.807, 2.05) is 12.2 Å². The summed E-state index contributed by atoms with van der Waals surface area (Å²) >= 11 is 0. The number of carboxylic acids is 1. The molecule has 0 amide bonds. The van der Waals surface area contributed by atoms with Gasteiger partial charge in [0, 0.05) is 0 Å². The lowest BCUT2D eigenvalue weighted by atomic mass is 9.62. The molecule has 0 aliphatic heterocycles. The summed E-state index contributed by atoms with van der Waals surface area (Å²) in [5.74, 6) is -1.13. The van der Waals surface area contributed by atoms with Crippen LogP contribution in [0.5, 0.6) is 0 Å². The predicted molar refractivity (Wildman–Crippen MR) is 54.3 cm³/mol. The molecule has 0 aromatic carbocycles. The second-order valence-electron chi connectivity index (χ2n) is 5.02. The highest BCUT2D eigenvalue weighted by atomic mass is 16.5. The Balaban J connectivity index is 1.98. The van der Waals surface area contributed by atoms with Gasteiger partial charge in [-0.3, -0.25) is 9.59 Å². The van der Waals surface area contributed by atoms with Crippen molar-refractivity contribution in [1.82, 2.24) is 0 Å². The predicted octanol–water partition coefficient (Wildman–Crippen LogP) is 0.928. The first-order valence-electron chi connectivity index (χ1n) is 5.64. The first kappa shape index (κ1) is 9.87. The molecule has 2 bridgehead atoms. The standard InChI is InChI=1S/C12H14O4/c1-16-12(15)10-6-3-2-5(7-4-8(6)7)9(10)11(13)14/h2-3,5-10H,4H2,1H3,(H,13,14)/t5-,6+,7+,8-,9-,10+/m1/s1. The zero-order valence-electron chi connectivity index (χ0n) is 9.00. The number of ether oxygens (including phenoxy) is 1. The van der Waals surface area contributed by atoms with Crippen LogP contribution in [0.1, 0.15) is 6.42 Å². The molecule has 16 heavy (non-hydrogen) atoms. The summed E-state index contributed by atoms with van der Waals surface area (Å²) in [7, 11) is 1.33. The Morgan fingerprint density at radius 3 is 2.25 bits per heavy atom. The number of rotatable bonds is 2. The number of hydrogen-bond acceptors (Lipinski definition) is 3.